The van der Waals surface area contributed by atoms with E-state index < -0.39 is 0 Å². The third kappa shape index (κ3) is 1.51. The summed E-state index contributed by atoms with van der Waals surface area (Å²) in [5.74, 6) is 0.456. The maximum Gasteiger partial charge on any atom is 0.213 e. The van der Waals surface area contributed by atoms with Crippen molar-refractivity contribution >= 4 is 32.2 Å². The minimum absolute atomic E-state index is 0.456. The van der Waals surface area contributed by atoms with Crippen LogP contribution in [0.25, 0.3) is 4.96 Å². The molecule has 4 nitrogen and oxygen atoms in total. The van der Waals surface area contributed by atoms with Crippen molar-refractivity contribution in [2.45, 2.75) is 19.3 Å². The van der Waals surface area contributed by atoms with Gasteiger partial charge in [-0.05, 0) is 29.3 Å². The van der Waals surface area contributed by atoms with Crippen molar-refractivity contribution in [3.8, 4) is 0 Å². The zero-order valence-corrected chi connectivity index (χ0v) is 10.6. The number of ether oxygens (including phenoxy) is 1. The van der Waals surface area contributed by atoms with Crippen LogP contribution in [0, 0.1) is 6.92 Å². The molecular formula is C9H10BrN3OS. The Balaban J connectivity index is 2.11. The minimum Gasteiger partial charge on any atom is -0.381 e. The van der Waals surface area contributed by atoms with Gasteiger partial charge in [0.05, 0.1) is 18.0 Å². The maximum absolute atomic E-state index is 5.39. The van der Waals surface area contributed by atoms with Gasteiger partial charge in [0.15, 0.2) is 3.92 Å². The molecule has 1 unspecified atom stereocenters. The Morgan fingerprint density at radius 2 is 2.47 bits per heavy atom. The smallest absolute Gasteiger partial charge is 0.213 e. The van der Waals surface area contributed by atoms with Crippen molar-refractivity contribution in [1.82, 2.24) is 14.6 Å². The maximum atomic E-state index is 5.39. The molecule has 3 rings (SSSR count). The summed E-state index contributed by atoms with van der Waals surface area (Å²) in [4.78, 5) is 5.58. The lowest BCUT2D eigenvalue weighted by molar-refractivity contribution is 0.193. The number of fused-ring (bicyclic) bond motifs is 1. The van der Waals surface area contributed by atoms with Gasteiger partial charge in [0.25, 0.3) is 0 Å². The number of nitrogens with zero attached hydrogens (tertiary/aromatic N) is 3. The van der Waals surface area contributed by atoms with Crippen LogP contribution in [0.5, 0.6) is 0 Å². The molecule has 1 fully saturated rings. The van der Waals surface area contributed by atoms with Crippen LogP contribution >= 0.6 is 27.3 Å². The molecule has 15 heavy (non-hydrogen) atoms. The van der Waals surface area contributed by atoms with Gasteiger partial charge in [-0.2, -0.15) is 0 Å². The lowest BCUT2D eigenvalue weighted by Crippen LogP contribution is -2.01. The number of halogens is 1. The van der Waals surface area contributed by atoms with Crippen molar-refractivity contribution in [3.63, 3.8) is 0 Å². The molecule has 2 aromatic rings. The van der Waals surface area contributed by atoms with E-state index in [0.29, 0.717) is 5.92 Å². The molecule has 0 saturated carbocycles. The van der Waals surface area contributed by atoms with Crippen LogP contribution in [0.1, 0.15) is 23.7 Å². The van der Waals surface area contributed by atoms with Crippen LogP contribution < -0.4 is 0 Å². The van der Waals surface area contributed by atoms with Crippen molar-refractivity contribution in [2.75, 3.05) is 13.2 Å². The Bertz CT molecular complexity index is 501. The van der Waals surface area contributed by atoms with Gasteiger partial charge in [-0.1, -0.05) is 11.3 Å². The number of aromatic nitrogens is 3. The van der Waals surface area contributed by atoms with Crippen LogP contribution in [-0.2, 0) is 4.74 Å². The first-order chi connectivity index (χ1) is 7.25. The first kappa shape index (κ1) is 9.74. The molecule has 0 amide bonds. The van der Waals surface area contributed by atoms with E-state index >= 15 is 0 Å². The third-order valence-corrected chi connectivity index (χ3v) is 4.10. The Morgan fingerprint density at radius 3 is 3.13 bits per heavy atom. The molecule has 0 N–H and O–H groups in total. The van der Waals surface area contributed by atoms with E-state index in [0.717, 1.165) is 39.9 Å². The Labute approximate surface area is 99.4 Å². The Hall–Kier alpha value is -0.460. The third-order valence-electron chi connectivity index (χ3n) is 2.76. The van der Waals surface area contributed by atoms with Gasteiger partial charge in [0, 0.05) is 12.5 Å². The fourth-order valence-electron chi connectivity index (χ4n) is 1.98. The summed E-state index contributed by atoms with van der Waals surface area (Å²) in [7, 11) is 0. The molecule has 80 valence electrons. The minimum atomic E-state index is 0.456. The number of aryl methyl sites for hydroxylation is 1. The normalized spacial score (nSPS) is 21.6. The summed E-state index contributed by atoms with van der Waals surface area (Å²) in [6.45, 7) is 3.72. The van der Waals surface area contributed by atoms with Gasteiger partial charge in [0.2, 0.25) is 4.96 Å². The van der Waals surface area contributed by atoms with Crippen molar-refractivity contribution in [2.24, 2.45) is 0 Å². The van der Waals surface area contributed by atoms with Crippen molar-refractivity contribution in [3.05, 3.63) is 15.3 Å². The molecule has 1 saturated heterocycles. The second-order valence-electron chi connectivity index (χ2n) is 3.69. The van der Waals surface area contributed by atoms with Gasteiger partial charge in [-0.15, -0.1) is 5.10 Å². The highest BCUT2D eigenvalue weighted by molar-refractivity contribution is 9.11. The van der Waals surface area contributed by atoms with Gasteiger partial charge < -0.3 is 4.74 Å². The summed E-state index contributed by atoms with van der Waals surface area (Å²) in [5, 5.41) is 4.35. The lowest BCUT2D eigenvalue weighted by Gasteiger charge is -2.03. The van der Waals surface area contributed by atoms with E-state index in [-0.39, 0.29) is 0 Å². The molecule has 0 aliphatic carbocycles. The molecular weight excluding hydrogens is 278 g/mol. The van der Waals surface area contributed by atoms with E-state index in [1.165, 1.54) is 0 Å². The lowest BCUT2D eigenvalue weighted by atomic mass is 10.0. The van der Waals surface area contributed by atoms with Gasteiger partial charge in [-0.3, -0.25) is 0 Å². The quantitative estimate of drug-likeness (QED) is 0.808. The van der Waals surface area contributed by atoms with E-state index in [1.807, 2.05) is 4.52 Å². The predicted octanol–water partition coefficient (Wildman–Crippen LogP) is 2.37. The monoisotopic (exact) mass is 287 g/mol. The molecule has 0 radical (unpaired) electrons. The standard InChI is InChI=1S/C9H10BrN3OS/c1-5-7(6-2-3-14-4-6)11-9-13(5)12-8(10)15-9/h6H,2-4H2,1H3. The summed E-state index contributed by atoms with van der Waals surface area (Å²) in [5.41, 5.74) is 2.29. The summed E-state index contributed by atoms with van der Waals surface area (Å²) >= 11 is 4.93. The second-order valence-corrected chi connectivity index (χ2v) is 5.92. The highest BCUT2D eigenvalue weighted by atomic mass is 79.9. The fourth-order valence-corrected chi connectivity index (χ4v) is 3.25. The van der Waals surface area contributed by atoms with E-state index in [4.69, 9.17) is 4.74 Å². The zero-order valence-electron chi connectivity index (χ0n) is 8.23. The van der Waals surface area contributed by atoms with E-state index in [2.05, 4.69) is 32.9 Å². The number of hydrogen-bond acceptors (Lipinski definition) is 4. The average molecular weight is 288 g/mol. The second kappa shape index (κ2) is 3.54. The van der Waals surface area contributed by atoms with E-state index in [1.54, 1.807) is 11.3 Å². The molecule has 0 spiro atoms. The van der Waals surface area contributed by atoms with E-state index in [9.17, 15) is 0 Å². The van der Waals surface area contributed by atoms with Gasteiger partial charge in [-0.25, -0.2) is 9.50 Å². The largest absolute Gasteiger partial charge is 0.381 e. The zero-order chi connectivity index (χ0) is 10.4. The first-order valence-electron chi connectivity index (χ1n) is 4.85. The van der Waals surface area contributed by atoms with Gasteiger partial charge >= 0.3 is 0 Å². The highest BCUT2D eigenvalue weighted by Crippen LogP contribution is 2.30. The molecule has 1 atom stereocenters. The van der Waals surface area contributed by atoms with Crippen LogP contribution in [0.15, 0.2) is 3.92 Å². The fraction of sp³-hybridized carbons (Fsp3) is 0.556. The Morgan fingerprint density at radius 1 is 1.60 bits per heavy atom. The van der Waals surface area contributed by atoms with Crippen LogP contribution in [-0.4, -0.2) is 27.8 Å². The molecule has 0 aromatic carbocycles. The van der Waals surface area contributed by atoms with Crippen molar-refractivity contribution < 1.29 is 4.74 Å². The molecule has 6 heteroatoms. The summed E-state index contributed by atoms with van der Waals surface area (Å²) < 4.78 is 8.17. The number of imidazole rings is 1. The molecule has 1 aliphatic rings. The Kier molecular flexibility index (Phi) is 2.30. The van der Waals surface area contributed by atoms with Crippen LogP contribution in [0.3, 0.4) is 0 Å². The molecule has 2 aromatic heterocycles. The number of rotatable bonds is 1. The molecule has 3 heterocycles. The van der Waals surface area contributed by atoms with Gasteiger partial charge in [0.1, 0.15) is 0 Å². The van der Waals surface area contributed by atoms with Crippen LogP contribution in [0.4, 0.5) is 0 Å². The molecule has 0 bridgehead atoms. The summed E-state index contributed by atoms with van der Waals surface area (Å²) in [6.07, 6.45) is 1.08. The molecule has 1 aliphatic heterocycles. The van der Waals surface area contributed by atoms with Crippen molar-refractivity contribution in [1.29, 1.82) is 0 Å². The average Bonchev–Trinajstić information content (AvgIpc) is 2.84. The predicted molar refractivity (Wildman–Crippen MR) is 61.5 cm³/mol. The van der Waals surface area contributed by atoms with Crippen LogP contribution in [0.2, 0.25) is 0 Å². The number of hydrogen-bond donors (Lipinski definition) is 0. The first-order valence-corrected chi connectivity index (χ1v) is 6.46. The SMILES string of the molecule is Cc1c(C2CCOC2)nc2sc(Br)nn12. The topological polar surface area (TPSA) is 39.4 Å². The summed E-state index contributed by atoms with van der Waals surface area (Å²) in [6, 6.07) is 0. The highest BCUT2D eigenvalue weighted by Gasteiger charge is 2.24.